The molecule has 2 aliphatic rings. The number of aryl methyl sites for hydroxylation is 2. The number of anilines is 2. The summed E-state index contributed by atoms with van der Waals surface area (Å²) in [6.45, 7) is 3.69. The lowest BCUT2D eigenvalue weighted by molar-refractivity contribution is -0.118. The van der Waals surface area contributed by atoms with Crippen molar-refractivity contribution in [1.82, 2.24) is 4.72 Å². The summed E-state index contributed by atoms with van der Waals surface area (Å²) in [5.74, 6) is -0.517. The molecule has 0 radical (unpaired) electrons. The molecule has 2 aromatic rings. The van der Waals surface area contributed by atoms with Gasteiger partial charge >= 0.3 is 0 Å². The lowest BCUT2D eigenvalue weighted by Gasteiger charge is -2.24. The summed E-state index contributed by atoms with van der Waals surface area (Å²) >= 11 is 0. The fourth-order valence-electron chi connectivity index (χ4n) is 4.54. The van der Waals surface area contributed by atoms with Gasteiger partial charge < -0.3 is 11.1 Å². The van der Waals surface area contributed by atoms with E-state index in [2.05, 4.69) is 16.1 Å². The van der Waals surface area contributed by atoms with Crippen LogP contribution in [0.1, 0.15) is 48.9 Å². The molecule has 4 N–H and O–H groups in total. The van der Waals surface area contributed by atoms with Gasteiger partial charge in [-0.15, -0.1) is 0 Å². The van der Waals surface area contributed by atoms with Gasteiger partial charge in [0.05, 0.1) is 4.90 Å². The van der Waals surface area contributed by atoms with Crippen LogP contribution in [0.15, 0.2) is 35.2 Å². The third-order valence-corrected chi connectivity index (χ3v) is 7.60. The van der Waals surface area contributed by atoms with Crippen molar-refractivity contribution in [2.75, 3.05) is 11.1 Å². The van der Waals surface area contributed by atoms with E-state index in [0.717, 1.165) is 44.2 Å². The second-order valence-electron chi connectivity index (χ2n) is 8.64. The van der Waals surface area contributed by atoms with E-state index < -0.39 is 16.1 Å². The van der Waals surface area contributed by atoms with Gasteiger partial charge in [-0.2, -0.15) is 4.72 Å². The summed E-state index contributed by atoms with van der Waals surface area (Å²) < 4.78 is 28.3. The van der Waals surface area contributed by atoms with E-state index in [0.29, 0.717) is 5.69 Å². The number of nitrogen functional groups attached to an aromatic ring is 1. The first-order valence-electron chi connectivity index (χ1n) is 10.6. The van der Waals surface area contributed by atoms with Gasteiger partial charge in [-0.25, -0.2) is 8.42 Å². The maximum absolute atomic E-state index is 13.3. The Balaban J connectivity index is 1.61. The van der Waals surface area contributed by atoms with Crippen molar-refractivity contribution in [3.63, 3.8) is 0 Å². The normalized spacial score (nSPS) is 16.4. The molecule has 0 saturated heterocycles. The highest BCUT2D eigenvalue weighted by Gasteiger charge is 2.31. The summed E-state index contributed by atoms with van der Waals surface area (Å²) in [5.41, 5.74) is 12.2. The molecule has 0 heterocycles. The van der Waals surface area contributed by atoms with Gasteiger partial charge in [0.25, 0.3) is 0 Å². The van der Waals surface area contributed by atoms with E-state index in [1.54, 1.807) is 0 Å². The van der Waals surface area contributed by atoms with Crippen LogP contribution in [0, 0.1) is 5.92 Å². The van der Waals surface area contributed by atoms with Crippen molar-refractivity contribution in [3.05, 3.63) is 52.6 Å². The monoisotopic (exact) mass is 427 g/mol. The predicted molar refractivity (Wildman–Crippen MR) is 119 cm³/mol. The lowest BCUT2D eigenvalue weighted by Crippen LogP contribution is -2.47. The molecular formula is C23H29N3O3S. The van der Waals surface area contributed by atoms with Crippen molar-refractivity contribution < 1.29 is 13.2 Å². The molecule has 0 unspecified atom stereocenters. The third-order valence-electron chi connectivity index (χ3n) is 6.14. The molecule has 160 valence electrons. The quantitative estimate of drug-likeness (QED) is 0.616. The number of fused-ring (bicyclic) bond motifs is 2. The summed E-state index contributed by atoms with van der Waals surface area (Å²) in [6.07, 6.45) is 6.20. The van der Waals surface area contributed by atoms with Crippen LogP contribution in [-0.2, 0) is 40.5 Å². The van der Waals surface area contributed by atoms with E-state index in [4.69, 9.17) is 5.73 Å². The Kier molecular flexibility index (Phi) is 5.59. The van der Waals surface area contributed by atoms with Crippen molar-refractivity contribution in [1.29, 1.82) is 0 Å². The van der Waals surface area contributed by atoms with Crippen LogP contribution in [0.2, 0.25) is 0 Å². The largest absolute Gasteiger partial charge is 0.399 e. The van der Waals surface area contributed by atoms with Crippen LogP contribution in [0.4, 0.5) is 11.4 Å². The predicted octanol–water partition coefficient (Wildman–Crippen LogP) is 3.19. The standard InChI is InChI=1S/C23H29N3O3S/c1-14(2)21(26-30(28,29)18-11-9-17(24)10-12-18)23(27)25-22-19-7-3-5-15(19)13-16-6-4-8-20(16)22/h9-14,21,26H,3-8,24H2,1-2H3,(H,25,27)/t21-/m0/s1. The van der Waals surface area contributed by atoms with Crippen LogP contribution in [0.3, 0.4) is 0 Å². The first-order valence-corrected chi connectivity index (χ1v) is 12.1. The molecule has 0 aliphatic heterocycles. The SMILES string of the molecule is CC(C)[C@H](NS(=O)(=O)c1ccc(N)cc1)C(=O)Nc1c2c(cc3c1CCC3)CCC2. The van der Waals surface area contributed by atoms with Crippen LogP contribution < -0.4 is 15.8 Å². The van der Waals surface area contributed by atoms with Gasteiger partial charge in [0.1, 0.15) is 6.04 Å². The number of sulfonamides is 1. The Hall–Kier alpha value is -2.38. The minimum absolute atomic E-state index is 0.0941. The highest BCUT2D eigenvalue weighted by Crippen LogP contribution is 2.38. The number of nitrogens with one attached hydrogen (secondary N) is 2. The Morgan fingerprint density at radius 2 is 1.53 bits per heavy atom. The lowest BCUT2D eigenvalue weighted by atomic mass is 9.97. The van der Waals surface area contributed by atoms with E-state index in [-0.39, 0.29) is 16.7 Å². The van der Waals surface area contributed by atoms with E-state index >= 15 is 0 Å². The second kappa shape index (κ2) is 8.04. The average Bonchev–Trinajstić information content (AvgIpc) is 3.35. The minimum Gasteiger partial charge on any atom is -0.399 e. The zero-order chi connectivity index (χ0) is 21.5. The molecule has 1 amide bonds. The van der Waals surface area contributed by atoms with Crippen LogP contribution in [0.5, 0.6) is 0 Å². The third kappa shape index (κ3) is 3.96. The Morgan fingerprint density at radius 3 is 2.07 bits per heavy atom. The fraction of sp³-hybridized carbons (Fsp3) is 0.435. The Bertz CT molecular complexity index is 1040. The van der Waals surface area contributed by atoms with E-state index in [1.165, 1.54) is 46.5 Å². The molecule has 7 heteroatoms. The summed E-state index contributed by atoms with van der Waals surface area (Å²) in [5, 5.41) is 3.12. The van der Waals surface area contributed by atoms with Crippen molar-refractivity contribution >= 4 is 27.3 Å². The van der Waals surface area contributed by atoms with Gasteiger partial charge in [0.2, 0.25) is 15.9 Å². The molecule has 0 aromatic heterocycles. The first kappa shape index (κ1) is 20.9. The number of benzene rings is 2. The van der Waals surface area contributed by atoms with Gasteiger partial charge in [0.15, 0.2) is 0 Å². The highest BCUT2D eigenvalue weighted by molar-refractivity contribution is 7.89. The number of carbonyl (C=O) groups is 1. The molecular weight excluding hydrogens is 398 g/mol. The summed E-state index contributed by atoms with van der Waals surface area (Å²) in [7, 11) is -3.85. The Morgan fingerprint density at radius 1 is 0.967 bits per heavy atom. The van der Waals surface area contributed by atoms with E-state index in [9.17, 15) is 13.2 Å². The van der Waals surface area contributed by atoms with Crippen molar-refractivity contribution in [2.45, 2.75) is 63.3 Å². The average molecular weight is 428 g/mol. The fourth-order valence-corrected chi connectivity index (χ4v) is 5.89. The second-order valence-corrected chi connectivity index (χ2v) is 10.3. The maximum atomic E-state index is 13.3. The molecule has 6 nitrogen and oxygen atoms in total. The number of rotatable bonds is 6. The number of hydrogen-bond donors (Lipinski definition) is 3. The van der Waals surface area contributed by atoms with Gasteiger partial charge in [-0.05, 0) is 91.0 Å². The molecule has 2 aromatic carbocycles. The zero-order valence-electron chi connectivity index (χ0n) is 17.5. The van der Waals surface area contributed by atoms with Gasteiger partial charge in [0, 0.05) is 11.4 Å². The highest BCUT2D eigenvalue weighted by atomic mass is 32.2. The van der Waals surface area contributed by atoms with E-state index in [1.807, 2.05) is 13.8 Å². The Labute approximate surface area is 178 Å². The molecule has 4 rings (SSSR count). The molecule has 30 heavy (non-hydrogen) atoms. The summed E-state index contributed by atoms with van der Waals surface area (Å²) in [6, 6.07) is 7.41. The maximum Gasteiger partial charge on any atom is 0.242 e. The van der Waals surface area contributed by atoms with Crippen molar-refractivity contribution in [2.24, 2.45) is 5.92 Å². The van der Waals surface area contributed by atoms with Crippen LogP contribution >= 0.6 is 0 Å². The molecule has 0 bridgehead atoms. The molecule has 1 atom stereocenters. The smallest absolute Gasteiger partial charge is 0.242 e. The zero-order valence-corrected chi connectivity index (χ0v) is 18.3. The number of nitrogens with two attached hydrogens (primary N) is 1. The topological polar surface area (TPSA) is 101 Å². The van der Waals surface area contributed by atoms with Crippen molar-refractivity contribution in [3.8, 4) is 0 Å². The minimum atomic E-state index is -3.85. The first-order chi connectivity index (χ1) is 14.3. The van der Waals surface area contributed by atoms with Crippen LogP contribution in [-0.4, -0.2) is 20.4 Å². The molecule has 0 fully saturated rings. The molecule has 0 spiro atoms. The molecule has 2 aliphatic carbocycles. The number of hydrogen-bond acceptors (Lipinski definition) is 4. The molecule has 0 saturated carbocycles. The number of carbonyl (C=O) groups excluding carboxylic acids is 1. The van der Waals surface area contributed by atoms with Gasteiger partial charge in [-0.1, -0.05) is 19.9 Å². The number of amides is 1. The van der Waals surface area contributed by atoms with Gasteiger partial charge in [-0.3, -0.25) is 4.79 Å². The van der Waals surface area contributed by atoms with Crippen LogP contribution in [0.25, 0.3) is 0 Å². The summed E-state index contributed by atoms with van der Waals surface area (Å²) in [4.78, 5) is 13.4.